The number of carbonyl (C=O) groups is 2. The molecular formula is C23H25FN2O6. The van der Waals surface area contributed by atoms with Gasteiger partial charge < -0.3 is 28.7 Å². The highest BCUT2D eigenvalue weighted by Crippen LogP contribution is 2.33. The van der Waals surface area contributed by atoms with E-state index in [9.17, 15) is 14.0 Å². The number of hydrogen-bond donors (Lipinski definition) is 0. The fourth-order valence-corrected chi connectivity index (χ4v) is 3.72. The van der Waals surface area contributed by atoms with Gasteiger partial charge in [-0.15, -0.1) is 0 Å². The lowest BCUT2D eigenvalue weighted by Gasteiger charge is -2.36. The predicted molar refractivity (Wildman–Crippen MR) is 112 cm³/mol. The first-order chi connectivity index (χ1) is 15.5. The standard InChI is InChI=1S/C23H25FN2O6/c1-29-10-8-25(22(27)16-2-5-18(24)6-3-16)13-19-14-26(9-11-30-19)23(28)17-4-7-20-21(12-17)32-15-31-20/h2-7,12,19H,8-11,13-15H2,1H3. The highest BCUT2D eigenvalue weighted by molar-refractivity contribution is 5.95. The normalized spacial score (nSPS) is 17.3. The third-order valence-corrected chi connectivity index (χ3v) is 5.41. The Kier molecular flexibility index (Phi) is 6.87. The third-order valence-electron chi connectivity index (χ3n) is 5.41. The maximum absolute atomic E-state index is 13.2. The van der Waals surface area contributed by atoms with Crippen molar-refractivity contribution in [1.29, 1.82) is 0 Å². The van der Waals surface area contributed by atoms with Crippen LogP contribution in [0.1, 0.15) is 20.7 Å². The van der Waals surface area contributed by atoms with Gasteiger partial charge in [-0.3, -0.25) is 9.59 Å². The zero-order valence-electron chi connectivity index (χ0n) is 17.8. The number of benzene rings is 2. The van der Waals surface area contributed by atoms with E-state index in [-0.39, 0.29) is 31.3 Å². The Morgan fingerprint density at radius 1 is 1.12 bits per heavy atom. The van der Waals surface area contributed by atoms with Crippen molar-refractivity contribution in [2.45, 2.75) is 6.10 Å². The van der Waals surface area contributed by atoms with Gasteiger partial charge in [-0.05, 0) is 42.5 Å². The molecule has 0 aliphatic carbocycles. The largest absolute Gasteiger partial charge is 0.454 e. The van der Waals surface area contributed by atoms with Crippen LogP contribution in [0.15, 0.2) is 42.5 Å². The molecule has 4 rings (SSSR count). The molecule has 2 amide bonds. The van der Waals surface area contributed by atoms with Gasteiger partial charge in [0.2, 0.25) is 6.79 Å². The minimum absolute atomic E-state index is 0.134. The highest BCUT2D eigenvalue weighted by atomic mass is 19.1. The summed E-state index contributed by atoms with van der Waals surface area (Å²) in [6.07, 6.45) is -0.358. The quantitative estimate of drug-likeness (QED) is 0.652. The molecule has 2 aromatic rings. The predicted octanol–water partition coefficient (Wildman–Crippen LogP) is 2.18. The summed E-state index contributed by atoms with van der Waals surface area (Å²) in [5.74, 6) is 0.388. The van der Waals surface area contributed by atoms with E-state index in [2.05, 4.69) is 0 Å². The van der Waals surface area contributed by atoms with Gasteiger partial charge in [-0.1, -0.05) is 0 Å². The fraction of sp³-hybridized carbons (Fsp3) is 0.391. The fourth-order valence-electron chi connectivity index (χ4n) is 3.72. The number of fused-ring (bicyclic) bond motifs is 1. The van der Waals surface area contributed by atoms with Crippen LogP contribution in [0.2, 0.25) is 0 Å². The van der Waals surface area contributed by atoms with Crippen molar-refractivity contribution >= 4 is 11.8 Å². The summed E-state index contributed by atoms with van der Waals surface area (Å²) in [6.45, 7) is 2.28. The van der Waals surface area contributed by atoms with Gasteiger partial charge in [0.25, 0.3) is 11.8 Å². The summed E-state index contributed by atoms with van der Waals surface area (Å²) < 4.78 is 34.9. The molecule has 0 spiro atoms. The van der Waals surface area contributed by atoms with Crippen molar-refractivity contribution in [3.63, 3.8) is 0 Å². The van der Waals surface area contributed by atoms with Gasteiger partial charge >= 0.3 is 0 Å². The second-order valence-corrected chi connectivity index (χ2v) is 7.56. The van der Waals surface area contributed by atoms with E-state index in [1.54, 1.807) is 35.1 Å². The van der Waals surface area contributed by atoms with Crippen LogP contribution in [0.3, 0.4) is 0 Å². The lowest BCUT2D eigenvalue weighted by atomic mass is 10.1. The number of rotatable bonds is 7. The molecule has 1 atom stereocenters. The van der Waals surface area contributed by atoms with Gasteiger partial charge in [0.15, 0.2) is 11.5 Å². The van der Waals surface area contributed by atoms with E-state index >= 15 is 0 Å². The molecule has 2 heterocycles. The van der Waals surface area contributed by atoms with Crippen LogP contribution in [0.4, 0.5) is 4.39 Å². The van der Waals surface area contributed by atoms with Gasteiger partial charge in [-0.2, -0.15) is 0 Å². The molecule has 1 unspecified atom stereocenters. The first-order valence-electron chi connectivity index (χ1n) is 10.4. The summed E-state index contributed by atoms with van der Waals surface area (Å²) in [5, 5.41) is 0. The van der Waals surface area contributed by atoms with Crippen LogP contribution in [-0.2, 0) is 9.47 Å². The number of hydrogen-bond acceptors (Lipinski definition) is 6. The van der Waals surface area contributed by atoms with Crippen LogP contribution < -0.4 is 9.47 Å². The van der Waals surface area contributed by atoms with Crippen molar-refractivity contribution in [2.75, 3.05) is 53.3 Å². The smallest absolute Gasteiger partial charge is 0.254 e. The molecule has 0 saturated carbocycles. The van der Waals surface area contributed by atoms with Crippen LogP contribution in [0.5, 0.6) is 11.5 Å². The number of amides is 2. The Balaban J connectivity index is 1.43. The second kappa shape index (κ2) is 9.97. The topological polar surface area (TPSA) is 77.5 Å². The molecule has 2 aliphatic heterocycles. The Bertz CT molecular complexity index is 967. The maximum Gasteiger partial charge on any atom is 0.254 e. The monoisotopic (exact) mass is 444 g/mol. The highest BCUT2D eigenvalue weighted by Gasteiger charge is 2.29. The van der Waals surface area contributed by atoms with Crippen molar-refractivity contribution in [2.24, 2.45) is 0 Å². The third kappa shape index (κ3) is 5.00. The first kappa shape index (κ1) is 22.0. The van der Waals surface area contributed by atoms with E-state index in [0.29, 0.717) is 55.5 Å². The number of carbonyl (C=O) groups excluding carboxylic acids is 2. The van der Waals surface area contributed by atoms with Crippen LogP contribution in [-0.4, -0.2) is 81.0 Å². The summed E-state index contributed by atoms with van der Waals surface area (Å²) in [6, 6.07) is 10.5. The van der Waals surface area contributed by atoms with Crippen molar-refractivity contribution in [3.8, 4) is 11.5 Å². The molecule has 2 aliphatic rings. The van der Waals surface area contributed by atoms with Gasteiger partial charge in [0.1, 0.15) is 5.82 Å². The zero-order valence-corrected chi connectivity index (χ0v) is 17.8. The van der Waals surface area contributed by atoms with Gasteiger partial charge in [0, 0.05) is 44.4 Å². The van der Waals surface area contributed by atoms with Gasteiger partial charge in [-0.25, -0.2) is 4.39 Å². The molecule has 1 saturated heterocycles. The van der Waals surface area contributed by atoms with Crippen LogP contribution >= 0.6 is 0 Å². The van der Waals surface area contributed by atoms with E-state index in [4.69, 9.17) is 18.9 Å². The van der Waals surface area contributed by atoms with Gasteiger partial charge in [0.05, 0.1) is 19.3 Å². The van der Waals surface area contributed by atoms with Crippen molar-refractivity contribution < 1.29 is 32.9 Å². The zero-order chi connectivity index (χ0) is 22.5. The summed E-state index contributed by atoms with van der Waals surface area (Å²) in [4.78, 5) is 29.3. The summed E-state index contributed by atoms with van der Waals surface area (Å²) >= 11 is 0. The Labute approximate surface area is 185 Å². The molecule has 170 valence electrons. The molecule has 9 heteroatoms. The van der Waals surface area contributed by atoms with E-state index in [1.165, 1.54) is 24.3 Å². The average Bonchev–Trinajstić information content (AvgIpc) is 3.29. The van der Waals surface area contributed by atoms with Crippen molar-refractivity contribution in [3.05, 3.63) is 59.4 Å². The van der Waals surface area contributed by atoms with E-state index in [1.807, 2.05) is 0 Å². The lowest BCUT2D eigenvalue weighted by molar-refractivity contribution is -0.0347. The molecule has 8 nitrogen and oxygen atoms in total. The average molecular weight is 444 g/mol. The van der Waals surface area contributed by atoms with Crippen molar-refractivity contribution in [1.82, 2.24) is 9.80 Å². The molecule has 0 N–H and O–H groups in total. The molecule has 0 bridgehead atoms. The minimum Gasteiger partial charge on any atom is -0.454 e. The molecule has 32 heavy (non-hydrogen) atoms. The van der Waals surface area contributed by atoms with Crippen LogP contribution in [0, 0.1) is 5.82 Å². The van der Waals surface area contributed by atoms with Crippen LogP contribution in [0.25, 0.3) is 0 Å². The number of halogens is 1. The molecule has 0 aromatic heterocycles. The Hall–Kier alpha value is -3.17. The number of nitrogens with zero attached hydrogens (tertiary/aromatic N) is 2. The number of ether oxygens (including phenoxy) is 4. The molecular weight excluding hydrogens is 419 g/mol. The number of methoxy groups -OCH3 is 1. The minimum atomic E-state index is -0.404. The van der Waals surface area contributed by atoms with E-state index < -0.39 is 5.82 Å². The summed E-state index contributed by atoms with van der Waals surface area (Å²) in [5.41, 5.74) is 0.889. The Morgan fingerprint density at radius 2 is 1.88 bits per heavy atom. The molecule has 2 aromatic carbocycles. The molecule has 1 fully saturated rings. The number of morpholine rings is 1. The first-order valence-corrected chi connectivity index (χ1v) is 10.4. The maximum atomic E-state index is 13.2. The SMILES string of the molecule is COCCN(CC1CN(C(=O)c2ccc3c(c2)OCO3)CCO1)C(=O)c1ccc(F)cc1. The van der Waals surface area contributed by atoms with E-state index in [0.717, 1.165) is 0 Å². The lowest BCUT2D eigenvalue weighted by Crippen LogP contribution is -2.51. The Morgan fingerprint density at radius 3 is 2.66 bits per heavy atom. The summed E-state index contributed by atoms with van der Waals surface area (Å²) in [7, 11) is 1.56. The second-order valence-electron chi connectivity index (χ2n) is 7.56. The molecule has 0 radical (unpaired) electrons.